The number of fused-ring (bicyclic) bond motifs is 2. The first kappa shape index (κ1) is 41.0. The van der Waals surface area contributed by atoms with Crippen LogP contribution < -0.4 is 78.6 Å². The molecule has 2 heterocycles. The van der Waals surface area contributed by atoms with Crippen molar-refractivity contribution in [1.82, 2.24) is 19.1 Å². The first-order chi connectivity index (χ1) is 24.8. The van der Waals surface area contributed by atoms with Gasteiger partial charge in [0.15, 0.2) is 0 Å². The Labute approximate surface area is 352 Å². The number of benzene rings is 5. The molecule has 0 aliphatic rings. The van der Waals surface area contributed by atoms with Crippen molar-refractivity contribution in [3.63, 3.8) is 0 Å². The molecule has 14 nitrogen and oxygen atoms in total. The van der Waals surface area contributed by atoms with Gasteiger partial charge in [0.05, 0.1) is 34.9 Å². The Bertz CT molecular complexity index is 2670. The minimum atomic E-state index is -5.05. The van der Waals surface area contributed by atoms with E-state index in [0.717, 1.165) is 0 Å². The third-order valence-electron chi connectivity index (χ3n) is 8.01. The summed E-state index contributed by atoms with van der Waals surface area (Å²) in [5.41, 5.74) is 2.14. The molecule has 7 aromatic rings. The Balaban J connectivity index is 0.00000280. The second-order valence-electron chi connectivity index (χ2n) is 11.5. The van der Waals surface area contributed by atoms with Gasteiger partial charge in [-0.25, -0.2) is 26.8 Å². The van der Waals surface area contributed by atoms with Gasteiger partial charge in [-0.2, -0.15) is 0 Å². The molecule has 0 N–H and O–H groups in total. The molecule has 0 spiro atoms. The maximum atomic E-state index is 13.8. The fourth-order valence-electron chi connectivity index (χ4n) is 5.80. The fourth-order valence-corrected chi connectivity index (χ4v) is 6.47. The van der Waals surface area contributed by atoms with E-state index in [0.29, 0.717) is 44.1 Å². The van der Waals surface area contributed by atoms with E-state index in [4.69, 9.17) is 0 Å². The van der Waals surface area contributed by atoms with Crippen LogP contribution >= 0.6 is 0 Å². The summed E-state index contributed by atoms with van der Waals surface area (Å²) >= 11 is 0. The Morgan fingerprint density at radius 3 is 1.26 bits per heavy atom. The van der Waals surface area contributed by atoms with Gasteiger partial charge < -0.3 is 17.5 Å². The van der Waals surface area contributed by atoms with Crippen LogP contribution in [-0.2, 0) is 33.9 Å². The van der Waals surface area contributed by atoms with Gasteiger partial charge in [0, 0.05) is 11.1 Å². The van der Waals surface area contributed by atoms with Gasteiger partial charge in [0.1, 0.15) is 23.1 Å². The second-order valence-corrected chi connectivity index (χ2v) is 13.5. The smallest absolute Gasteiger partial charge is 0.716 e. The van der Waals surface area contributed by atoms with Crippen LogP contribution in [0.2, 0.25) is 0 Å². The molecule has 0 radical (unpaired) electrons. The summed E-state index contributed by atoms with van der Waals surface area (Å²) in [5, 5.41) is 0.714. The quantitative estimate of drug-likeness (QED) is 0.0860. The average molecular weight is 783 g/mol. The Morgan fingerprint density at radius 1 is 0.519 bits per heavy atom. The van der Waals surface area contributed by atoms with E-state index in [1.54, 1.807) is 84.9 Å². The molecule has 0 saturated carbocycles. The van der Waals surface area contributed by atoms with Crippen LogP contribution in [0.3, 0.4) is 0 Å². The molecule has 0 atom stereocenters. The van der Waals surface area contributed by atoms with Crippen LogP contribution in [0.15, 0.2) is 131 Å². The second kappa shape index (κ2) is 16.7. The summed E-state index contributed by atoms with van der Waals surface area (Å²) in [6.45, 7) is 0.102. The zero-order valence-electron chi connectivity index (χ0n) is 28.6. The van der Waals surface area contributed by atoms with Crippen molar-refractivity contribution in [2.45, 2.75) is 13.1 Å². The monoisotopic (exact) mass is 782 g/mol. The van der Waals surface area contributed by atoms with Crippen molar-refractivity contribution in [1.29, 1.82) is 0 Å². The molecule has 18 heteroatoms. The van der Waals surface area contributed by atoms with E-state index < -0.39 is 20.8 Å². The first-order valence-corrected chi connectivity index (χ1v) is 18.1. The van der Waals surface area contributed by atoms with Gasteiger partial charge in [0.2, 0.25) is 0 Å². The largest absolute Gasteiger partial charge is 1.00 e. The summed E-state index contributed by atoms with van der Waals surface area (Å²) in [4.78, 5) is 37.0. The minimum absolute atomic E-state index is 0. The zero-order valence-corrected chi connectivity index (χ0v) is 34.3. The van der Waals surface area contributed by atoms with Crippen LogP contribution in [0, 0.1) is 0 Å². The van der Waals surface area contributed by atoms with Crippen molar-refractivity contribution in [2.75, 3.05) is 0 Å². The number of hydrogen-bond acceptors (Lipinski definition) is 12. The van der Waals surface area contributed by atoms with Gasteiger partial charge in [-0.1, -0.05) is 72.8 Å². The van der Waals surface area contributed by atoms with Crippen molar-refractivity contribution in [3.8, 4) is 34.3 Å². The predicted octanol–water partition coefficient (Wildman–Crippen LogP) is -1.78. The predicted molar refractivity (Wildman–Crippen MR) is 188 cm³/mol. The van der Waals surface area contributed by atoms with Crippen LogP contribution in [0.1, 0.15) is 11.1 Å². The molecule has 0 bridgehead atoms. The van der Waals surface area contributed by atoms with E-state index in [9.17, 15) is 35.5 Å². The van der Waals surface area contributed by atoms with Gasteiger partial charge in [-0.05, 0) is 59.7 Å². The van der Waals surface area contributed by atoms with Crippen LogP contribution in [0.25, 0.3) is 44.6 Å². The van der Waals surface area contributed by atoms with Crippen molar-refractivity contribution in [2.24, 2.45) is 0 Å². The van der Waals surface area contributed by atoms with E-state index >= 15 is 0 Å². The fraction of sp³-hybridized carbons (Fsp3) is 0.0556. The summed E-state index contributed by atoms with van der Waals surface area (Å²) in [5.74, 6) is -0.0662. The molecule has 0 saturated heterocycles. The van der Waals surface area contributed by atoms with Crippen molar-refractivity contribution < 1.29 is 93.4 Å². The van der Waals surface area contributed by atoms with E-state index in [2.05, 4.69) is 18.3 Å². The van der Waals surface area contributed by atoms with E-state index in [1.807, 2.05) is 0 Å². The molecule has 5 aromatic carbocycles. The number of hydrogen-bond donors (Lipinski definition) is 0. The van der Waals surface area contributed by atoms with Gasteiger partial charge in [-0.15, -0.1) is 0 Å². The molecule has 0 amide bonds. The van der Waals surface area contributed by atoms with Crippen LogP contribution in [-0.4, -0.2) is 45.0 Å². The Hall–Kier alpha value is -4.20. The summed E-state index contributed by atoms with van der Waals surface area (Å²) in [7, 11) is -10.1. The molecule has 262 valence electrons. The van der Waals surface area contributed by atoms with Crippen LogP contribution in [0.4, 0.5) is 0 Å². The Morgan fingerprint density at radius 2 is 0.889 bits per heavy atom. The maximum Gasteiger partial charge on any atom is 1.00 e. The molecule has 0 aliphatic heterocycles. The molecule has 0 fully saturated rings. The third kappa shape index (κ3) is 9.35. The minimum Gasteiger partial charge on any atom is -0.716 e. The van der Waals surface area contributed by atoms with E-state index in [-0.39, 0.29) is 106 Å². The topological polar surface area (TPSA) is 203 Å². The van der Waals surface area contributed by atoms with Gasteiger partial charge in [-0.3, -0.25) is 18.7 Å². The number of aromatic nitrogens is 4. The zero-order chi connectivity index (χ0) is 36.6. The average Bonchev–Trinajstić information content (AvgIpc) is 3.10. The van der Waals surface area contributed by atoms with Gasteiger partial charge >= 0.3 is 59.1 Å². The first-order valence-electron chi connectivity index (χ1n) is 15.4. The summed E-state index contributed by atoms with van der Waals surface area (Å²) in [6.07, 6.45) is 0. The third-order valence-corrected chi connectivity index (χ3v) is 8.80. The maximum absolute atomic E-state index is 13.8. The standard InChI is InChI=1S/C36H26N4O10S2.2Na/c41-35-29-11-1-3-13-31(29)37-33(25-7-5-9-27(19-25)49-51(43,44)45)39(35)21-23-15-17-24(18-16-23)22-40-34(38-32-14-4-2-12-30(32)36(40)42)26-8-6-10-28(20-26)50-52(46,47)48;;/h1-20H,21-22H2,(H,43,44,45)(H,46,47,48);;/q;2*+1/p-2. The van der Waals surface area contributed by atoms with Crippen LogP contribution in [0.5, 0.6) is 11.5 Å². The molecular weight excluding hydrogens is 759 g/mol. The molecular formula is C36H24N4Na2O10S2. The SMILES string of the molecule is O=c1c2ccccc2nc(-c2cccc(OS(=O)(=O)[O-])c2)n1Cc1ccc(Cn2c(-c3cccc(OS(=O)(=O)[O-])c3)nc3ccccc3c2=O)cc1.[Na+].[Na+]. The molecule has 2 aromatic heterocycles. The van der Waals surface area contributed by atoms with Gasteiger partial charge in [0.25, 0.3) is 31.9 Å². The number of nitrogens with zero attached hydrogens (tertiary/aromatic N) is 4. The number of para-hydroxylation sites is 2. The molecule has 0 unspecified atom stereocenters. The number of rotatable bonds is 10. The molecule has 54 heavy (non-hydrogen) atoms. The summed E-state index contributed by atoms with van der Waals surface area (Å²) < 4.78 is 79.4. The molecule has 7 rings (SSSR count). The van der Waals surface area contributed by atoms with E-state index in [1.165, 1.54) is 45.5 Å². The molecule has 0 aliphatic carbocycles. The normalized spacial score (nSPS) is 11.4. The Kier molecular flexibility index (Phi) is 12.6. The van der Waals surface area contributed by atoms with Crippen molar-refractivity contribution in [3.05, 3.63) is 153 Å². The summed E-state index contributed by atoms with van der Waals surface area (Å²) in [6, 6.07) is 32.0. The van der Waals surface area contributed by atoms with Crippen molar-refractivity contribution >= 4 is 42.6 Å².